The number of rotatable bonds is 4. The minimum absolute atomic E-state index is 0.346. The van der Waals surface area contributed by atoms with Crippen LogP contribution in [0.3, 0.4) is 0 Å². The first kappa shape index (κ1) is 16.0. The molecule has 2 nitrogen and oxygen atoms in total. The Hall–Kier alpha value is -0.0800. The second kappa shape index (κ2) is 6.91. The van der Waals surface area contributed by atoms with Crippen LogP contribution >= 0.6 is 0 Å². The second-order valence-corrected chi connectivity index (χ2v) is 7.44. The first-order valence-electron chi connectivity index (χ1n) is 7.74. The van der Waals surface area contributed by atoms with E-state index in [2.05, 4.69) is 51.9 Å². The van der Waals surface area contributed by atoms with Gasteiger partial charge in [-0.05, 0) is 56.7 Å². The summed E-state index contributed by atoms with van der Waals surface area (Å²) in [6.45, 7) is 15.5. The molecule has 1 heterocycles. The van der Waals surface area contributed by atoms with E-state index in [0.717, 1.165) is 11.8 Å². The summed E-state index contributed by atoms with van der Waals surface area (Å²) in [5.41, 5.74) is 0.346. The van der Waals surface area contributed by atoms with Crippen molar-refractivity contribution in [1.29, 1.82) is 0 Å². The van der Waals surface area contributed by atoms with Gasteiger partial charge in [0, 0.05) is 12.6 Å². The summed E-state index contributed by atoms with van der Waals surface area (Å²) in [6, 6.07) is 0.591. The van der Waals surface area contributed by atoms with E-state index >= 15 is 0 Å². The number of nitrogens with one attached hydrogen (secondary N) is 1. The molecule has 0 aromatic heterocycles. The summed E-state index contributed by atoms with van der Waals surface area (Å²) in [4.78, 5) is 2.68. The van der Waals surface area contributed by atoms with Gasteiger partial charge in [-0.1, -0.05) is 34.6 Å². The van der Waals surface area contributed by atoms with Gasteiger partial charge in [0.25, 0.3) is 0 Å². The molecule has 0 aromatic rings. The van der Waals surface area contributed by atoms with Gasteiger partial charge in [0.2, 0.25) is 0 Å². The van der Waals surface area contributed by atoms with Gasteiger partial charge in [-0.3, -0.25) is 0 Å². The van der Waals surface area contributed by atoms with E-state index in [1.165, 1.54) is 38.9 Å². The van der Waals surface area contributed by atoms with E-state index in [0.29, 0.717) is 11.5 Å². The molecule has 0 saturated carbocycles. The summed E-state index contributed by atoms with van der Waals surface area (Å²) in [7, 11) is 2.10. The van der Waals surface area contributed by atoms with Gasteiger partial charge < -0.3 is 10.2 Å². The third kappa shape index (κ3) is 4.89. The van der Waals surface area contributed by atoms with Crippen LogP contribution in [0.1, 0.15) is 53.9 Å². The van der Waals surface area contributed by atoms with Crippen LogP contribution in [0, 0.1) is 17.3 Å². The van der Waals surface area contributed by atoms with Crippen molar-refractivity contribution in [3.05, 3.63) is 0 Å². The molecule has 2 atom stereocenters. The number of hydrogen-bond donors (Lipinski definition) is 1. The lowest BCUT2D eigenvalue weighted by atomic mass is 9.86. The van der Waals surface area contributed by atoms with Crippen molar-refractivity contribution in [2.45, 2.75) is 59.9 Å². The third-order valence-electron chi connectivity index (χ3n) is 4.64. The normalized spacial score (nSPS) is 25.2. The van der Waals surface area contributed by atoms with Crippen molar-refractivity contribution in [1.82, 2.24) is 10.2 Å². The number of likely N-dealkylation sites (N-methyl/N-ethyl adjacent to an activating group) is 1. The maximum Gasteiger partial charge on any atom is 0.0240 e. The van der Waals surface area contributed by atoms with Gasteiger partial charge >= 0.3 is 0 Å². The van der Waals surface area contributed by atoms with E-state index in [1.54, 1.807) is 0 Å². The standard InChI is InChI=1S/C16H34N2/c1-13(2)14-8-7-10-18(11-9-14)12-15(17-6)16(3,4)5/h13-15,17H,7-12H2,1-6H3. The van der Waals surface area contributed by atoms with E-state index in [-0.39, 0.29) is 0 Å². The Kier molecular flexibility index (Phi) is 6.13. The van der Waals surface area contributed by atoms with Crippen molar-refractivity contribution < 1.29 is 0 Å². The second-order valence-electron chi connectivity index (χ2n) is 7.44. The highest BCUT2D eigenvalue weighted by Gasteiger charge is 2.27. The smallest absolute Gasteiger partial charge is 0.0240 e. The first-order valence-corrected chi connectivity index (χ1v) is 7.74. The maximum absolute atomic E-state index is 3.50. The highest BCUT2D eigenvalue weighted by Crippen LogP contribution is 2.26. The Labute approximate surface area is 115 Å². The van der Waals surface area contributed by atoms with Crippen LogP contribution < -0.4 is 5.32 Å². The lowest BCUT2D eigenvalue weighted by molar-refractivity contribution is 0.180. The highest BCUT2D eigenvalue weighted by atomic mass is 15.1. The summed E-state index contributed by atoms with van der Waals surface area (Å²) in [5.74, 6) is 1.80. The van der Waals surface area contributed by atoms with Gasteiger partial charge in [0.05, 0.1) is 0 Å². The molecule has 0 aliphatic carbocycles. The molecule has 1 rings (SSSR count). The van der Waals surface area contributed by atoms with Crippen LogP contribution in [-0.2, 0) is 0 Å². The Bertz CT molecular complexity index is 230. The molecule has 0 spiro atoms. The average molecular weight is 254 g/mol. The fourth-order valence-electron chi connectivity index (χ4n) is 3.09. The molecule has 0 radical (unpaired) electrons. The molecule has 2 unspecified atom stereocenters. The SMILES string of the molecule is CNC(CN1CCCC(C(C)C)CC1)C(C)(C)C. The Morgan fingerprint density at radius 3 is 2.33 bits per heavy atom. The fourth-order valence-corrected chi connectivity index (χ4v) is 3.09. The number of likely N-dealkylation sites (tertiary alicyclic amines) is 1. The van der Waals surface area contributed by atoms with E-state index in [1.807, 2.05) is 0 Å². The zero-order valence-corrected chi connectivity index (χ0v) is 13.4. The summed E-state index contributed by atoms with van der Waals surface area (Å²) < 4.78 is 0. The molecule has 0 bridgehead atoms. The van der Waals surface area contributed by atoms with Gasteiger partial charge in [-0.2, -0.15) is 0 Å². The molecule has 1 N–H and O–H groups in total. The van der Waals surface area contributed by atoms with Crippen LogP contribution in [0.2, 0.25) is 0 Å². The average Bonchev–Trinajstić information content (AvgIpc) is 2.49. The molecule has 108 valence electrons. The topological polar surface area (TPSA) is 15.3 Å². The van der Waals surface area contributed by atoms with Gasteiger partial charge in [0.15, 0.2) is 0 Å². The van der Waals surface area contributed by atoms with Crippen molar-refractivity contribution in [3.63, 3.8) is 0 Å². The minimum atomic E-state index is 0.346. The third-order valence-corrected chi connectivity index (χ3v) is 4.64. The molecule has 0 aromatic carbocycles. The summed E-state index contributed by atoms with van der Waals surface area (Å²) in [5, 5.41) is 3.50. The number of hydrogen-bond acceptors (Lipinski definition) is 2. The van der Waals surface area contributed by atoms with Crippen LogP contribution in [0.15, 0.2) is 0 Å². The van der Waals surface area contributed by atoms with Crippen molar-refractivity contribution in [3.8, 4) is 0 Å². The molecular formula is C16H34N2. The van der Waals surface area contributed by atoms with Crippen LogP contribution in [0.25, 0.3) is 0 Å². The predicted octanol–water partition coefficient (Wildman–Crippen LogP) is 3.38. The molecule has 2 heteroatoms. The molecule has 18 heavy (non-hydrogen) atoms. The van der Waals surface area contributed by atoms with E-state index in [9.17, 15) is 0 Å². The first-order chi connectivity index (χ1) is 8.34. The summed E-state index contributed by atoms with van der Waals surface area (Å²) >= 11 is 0. The number of nitrogens with zero attached hydrogens (tertiary/aromatic N) is 1. The molecular weight excluding hydrogens is 220 g/mol. The predicted molar refractivity (Wildman–Crippen MR) is 80.9 cm³/mol. The van der Waals surface area contributed by atoms with E-state index < -0.39 is 0 Å². The molecule has 1 aliphatic heterocycles. The highest BCUT2D eigenvalue weighted by molar-refractivity contribution is 4.83. The fraction of sp³-hybridized carbons (Fsp3) is 1.00. The van der Waals surface area contributed by atoms with Gasteiger partial charge in [0.1, 0.15) is 0 Å². The van der Waals surface area contributed by atoms with Crippen molar-refractivity contribution in [2.24, 2.45) is 17.3 Å². The zero-order valence-electron chi connectivity index (χ0n) is 13.4. The molecule has 1 aliphatic rings. The minimum Gasteiger partial charge on any atom is -0.315 e. The van der Waals surface area contributed by atoms with Crippen LogP contribution in [-0.4, -0.2) is 37.6 Å². The maximum atomic E-state index is 3.50. The Balaban J connectivity index is 2.48. The van der Waals surface area contributed by atoms with Crippen LogP contribution in [0.4, 0.5) is 0 Å². The van der Waals surface area contributed by atoms with Crippen molar-refractivity contribution in [2.75, 3.05) is 26.7 Å². The van der Waals surface area contributed by atoms with Crippen molar-refractivity contribution >= 4 is 0 Å². The van der Waals surface area contributed by atoms with E-state index in [4.69, 9.17) is 0 Å². The van der Waals surface area contributed by atoms with Gasteiger partial charge in [-0.15, -0.1) is 0 Å². The zero-order chi connectivity index (χ0) is 13.8. The van der Waals surface area contributed by atoms with Crippen LogP contribution in [0.5, 0.6) is 0 Å². The van der Waals surface area contributed by atoms with Gasteiger partial charge in [-0.25, -0.2) is 0 Å². The lowest BCUT2D eigenvalue weighted by Gasteiger charge is -2.35. The molecule has 0 amide bonds. The monoisotopic (exact) mass is 254 g/mol. The summed E-state index contributed by atoms with van der Waals surface area (Å²) in [6.07, 6.45) is 4.19. The largest absolute Gasteiger partial charge is 0.315 e. The molecule has 1 fully saturated rings. The Morgan fingerprint density at radius 2 is 1.83 bits per heavy atom. The lowest BCUT2D eigenvalue weighted by Crippen LogP contribution is -2.47. The quantitative estimate of drug-likeness (QED) is 0.827. The Morgan fingerprint density at radius 1 is 1.17 bits per heavy atom. The molecule has 1 saturated heterocycles.